The lowest BCUT2D eigenvalue weighted by Crippen LogP contribution is -2.28. The molecule has 0 saturated heterocycles. The molecule has 0 radical (unpaired) electrons. The van der Waals surface area contributed by atoms with Gasteiger partial charge in [0.15, 0.2) is 0 Å². The van der Waals surface area contributed by atoms with Gasteiger partial charge < -0.3 is 14.9 Å². The maximum Gasteiger partial charge on any atom is 0.122 e. The van der Waals surface area contributed by atoms with E-state index in [9.17, 15) is 10.2 Å². The van der Waals surface area contributed by atoms with Crippen molar-refractivity contribution in [1.82, 2.24) is 0 Å². The third-order valence-electron chi connectivity index (χ3n) is 6.54. The average Bonchev–Trinajstić information content (AvgIpc) is 2.92. The minimum atomic E-state index is -0.210. The SMILES string of the molecule is CCCCC[C@H](O)CC[C@@H]1[C@H]2Cc3cccc(OC)c3C[C@H]2C[C@H]1O. The zero-order valence-corrected chi connectivity index (χ0v) is 15.8. The summed E-state index contributed by atoms with van der Waals surface area (Å²) in [7, 11) is 1.74. The molecule has 140 valence electrons. The summed E-state index contributed by atoms with van der Waals surface area (Å²) < 4.78 is 5.54. The lowest BCUT2D eigenvalue weighted by Gasteiger charge is -2.32. The number of benzene rings is 1. The molecule has 2 aliphatic carbocycles. The van der Waals surface area contributed by atoms with Crippen LogP contribution in [0.15, 0.2) is 18.2 Å². The second kappa shape index (κ2) is 8.55. The van der Waals surface area contributed by atoms with E-state index < -0.39 is 0 Å². The van der Waals surface area contributed by atoms with Crippen LogP contribution in [0.25, 0.3) is 0 Å². The number of aliphatic hydroxyl groups is 2. The summed E-state index contributed by atoms with van der Waals surface area (Å²) in [6.07, 6.45) is 8.77. The summed E-state index contributed by atoms with van der Waals surface area (Å²) in [5, 5.41) is 20.9. The van der Waals surface area contributed by atoms with E-state index in [1.165, 1.54) is 24.0 Å². The second-order valence-electron chi connectivity index (χ2n) is 8.12. The van der Waals surface area contributed by atoms with Crippen molar-refractivity contribution in [2.24, 2.45) is 17.8 Å². The van der Waals surface area contributed by atoms with Crippen molar-refractivity contribution in [3.8, 4) is 5.75 Å². The first-order chi connectivity index (χ1) is 12.1. The number of unbranched alkanes of at least 4 members (excludes halogenated alkanes) is 2. The van der Waals surface area contributed by atoms with Crippen LogP contribution in [0.2, 0.25) is 0 Å². The Morgan fingerprint density at radius 3 is 2.80 bits per heavy atom. The number of hydrogen-bond donors (Lipinski definition) is 2. The van der Waals surface area contributed by atoms with Crippen molar-refractivity contribution in [3.05, 3.63) is 29.3 Å². The molecular weight excluding hydrogens is 312 g/mol. The molecule has 2 aliphatic rings. The molecular formula is C22H34O3. The Morgan fingerprint density at radius 2 is 2.04 bits per heavy atom. The monoisotopic (exact) mass is 346 g/mol. The van der Waals surface area contributed by atoms with Gasteiger partial charge in [0, 0.05) is 0 Å². The van der Waals surface area contributed by atoms with Gasteiger partial charge in [-0.05, 0) is 73.5 Å². The summed E-state index contributed by atoms with van der Waals surface area (Å²) in [6, 6.07) is 6.35. The highest BCUT2D eigenvalue weighted by atomic mass is 16.5. The zero-order valence-electron chi connectivity index (χ0n) is 15.8. The van der Waals surface area contributed by atoms with E-state index >= 15 is 0 Å². The summed E-state index contributed by atoms with van der Waals surface area (Å²) in [6.45, 7) is 2.19. The normalized spacial score (nSPS) is 29.1. The Hall–Kier alpha value is -1.06. The Balaban J connectivity index is 1.61. The lowest BCUT2D eigenvalue weighted by atomic mass is 9.73. The number of fused-ring (bicyclic) bond motifs is 2. The number of ether oxygens (including phenoxy) is 1. The number of aliphatic hydroxyl groups excluding tert-OH is 2. The topological polar surface area (TPSA) is 49.7 Å². The van der Waals surface area contributed by atoms with E-state index in [2.05, 4.69) is 25.1 Å². The van der Waals surface area contributed by atoms with E-state index in [-0.39, 0.29) is 12.2 Å². The number of methoxy groups -OCH3 is 1. The molecule has 1 aromatic carbocycles. The fourth-order valence-corrected chi connectivity index (χ4v) is 5.15. The molecule has 1 fully saturated rings. The van der Waals surface area contributed by atoms with Crippen LogP contribution in [-0.4, -0.2) is 29.5 Å². The first-order valence-corrected chi connectivity index (χ1v) is 10.1. The summed E-state index contributed by atoms with van der Waals surface area (Å²) in [5.74, 6) is 2.45. The van der Waals surface area contributed by atoms with Gasteiger partial charge >= 0.3 is 0 Å². The standard InChI is InChI=1S/C22H34O3/c1-3-4-5-8-17(23)10-11-18-19-12-15-7-6-9-22(25-2)20(15)13-16(19)14-21(18)24/h6-7,9,16-19,21,23-24H,3-5,8,10-14H2,1-2H3/t16-,17-,18+,19-,21+/m0/s1. The molecule has 3 nitrogen and oxygen atoms in total. The average molecular weight is 347 g/mol. The largest absolute Gasteiger partial charge is 0.496 e. The minimum absolute atomic E-state index is 0.200. The van der Waals surface area contributed by atoms with Crippen molar-refractivity contribution in [2.75, 3.05) is 7.11 Å². The predicted molar refractivity (Wildman–Crippen MR) is 101 cm³/mol. The molecule has 3 rings (SSSR count). The quantitative estimate of drug-likeness (QED) is 0.696. The molecule has 1 aromatic rings. The van der Waals surface area contributed by atoms with Gasteiger partial charge in [-0.25, -0.2) is 0 Å². The van der Waals surface area contributed by atoms with Crippen LogP contribution >= 0.6 is 0 Å². The Morgan fingerprint density at radius 1 is 1.20 bits per heavy atom. The first kappa shape index (κ1) is 18.7. The molecule has 0 aromatic heterocycles. The molecule has 3 heteroatoms. The highest BCUT2D eigenvalue weighted by Crippen LogP contribution is 2.48. The van der Waals surface area contributed by atoms with Gasteiger partial charge in [-0.2, -0.15) is 0 Å². The third-order valence-corrected chi connectivity index (χ3v) is 6.54. The third kappa shape index (κ3) is 4.20. The zero-order chi connectivity index (χ0) is 17.8. The van der Waals surface area contributed by atoms with Gasteiger partial charge in [0.25, 0.3) is 0 Å². The van der Waals surface area contributed by atoms with E-state index in [0.29, 0.717) is 17.8 Å². The Kier molecular flexibility index (Phi) is 6.40. The van der Waals surface area contributed by atoms with Gasteiger partial charge in [0.1, 0.15) is 5.75 Å². The van der Waals surface area contributed by atoms with Crippen LogP contribution in [0.1, 0.15) is 63.0 Å². The van der Waals surface area contributed by atoms with Gasteiger partial charge in [0.2, 0.25) is 0 Å². The van der Waals surface area contributed by atoms with Crippen LogP contribution < -0.4 is 4.74 Å². The molecule has 0 aliphatic heterocycles. The molecule has 0 unspecified atom stereocenters. The van der Waals surface area contributed by atoms with E-state index in [0.717, 1.165) is 50.7 Å². The Labute approximate surface area is 152 Å². The molecule has 2 N–H and O–H groups in total. The van der Waals surface area contributed by atoms with Crippen LogP contribution in [0.3, 0.4) is 0 Å². The highest BCUT2D eigenvalue weighted by molar-refractivity contribution is 5.43. The molecule has 25 heavy (non-hydrogen) atoms. The number of rotatable bonds is 8. The van der Waals surface area contributed by atoms with Gasteiger partial charge in [-0.15, -0.1) is 0 Å². The van der Waals surface area contributed by atoms with Gasteiger partial charge in [-0.3, -0.25) is 0 Å². The smallest absolute Gasteiger partial charge is 0.122 e. The number of hydrogen-bond acceptors (Lipinski definition) is 3. The first-order valence-electron chi connectivity index (χ1n) is 10.1. The van der Waals surface area contributed by atoms with Crippen LogP contribution in [0.5, 0.6) is 5.75 Å². The summed E-state index contributed by atoms with van der Waals surface area (Å²) >= 11 is 0. The van der Waals surface area contributed by atoms with Crippen molar-refractivity contribution < 1.29 is 14.9 Å². The van der Waals surface area contributed by atoms with E-state index in [1.807, 2.05) is 0 Å². The minimum Gasteiger partial charge on any atom is -0.496 e. The molecule has 0 spiro atoms. The van der Waals surface area contributed by atoms with Crippen molar-refractivity contribution in [1.29, 1.82) is 0 Å². The molecule has 0 amide bonds. The molecule has 5 atom stereocenters. The fraction of sp³-hybridized carbons (Fsp3) is 0.727. The molecule has 1 saturated carbocycles. The van der Waals surface area contributed by atoms with Crippen molar-refractivity contribution in [3.63, 3.8) is 0 Å². The van der Waals surface area contributed by atoms with Gasteiger partial charge in [0.05, 0.1) is 19.3 Å². The van der Waals surface area contributed by atoms with E-state index in [4.69, 9.17) is 4.74 Å². The summed E-state index contributed by atoms with van der Waals surface area (Å²) in [5.41, 5.74) is 2.74. The fourth-order valence-electron chi connectivity index (χ4n) is 5.15. The van der Waals surface area contributed by atoms with Crippen LogP contribution in [-0.2, 0) is 12.8 Å². The maximum absolute atomic E-state index is 10.6. The highest BCUT2D eigenvalue weighted by Gasteiger charge is 2.44. The van der Waals surface area contributed by atoms with E-state index in [1.54, 1.807) is 7.11 Å². The van der Waals surface area contributed by atoms with Crippen LogP contribution in [0.4, 0.5) is 0 Å². The second-order valence-corrected chi connectivity index (χ2v) is 8.12. The van der Waals surface area contributed by atoms with Crippen LogP contribution in [0, 0.1) is 17.8 Å². The lowest BCUT2D eigenvalue weighted by molar-refractivity contribution is 0.0869. The molecule has 0 bridgehead atoms. The maximum atomic E-state index is 10.6. The van der Waals surface area contributed by atoms with Gasteiger partial charge in [-0.1, -0.05) is 38.3 Å². The Bertz CT molecular complexity index is 556. The van der Waals surface area contributed by atoms with Crippen molar-refractivity contribution >= 4 is 0 Å². The summed E-state index contributed by atoms with van der Waals surface area (Å²) in [4.78, 5) is 0. The molecule has 0 heterocycles. The van der Waals surface area contributed by atoms with Crippen molar-refractivity contribution in [2.45, 2.75) is 76.9 Å². The predicted octanol–water partition coefficient (Wildman–Crippen LogP) is 4.13.